The number of aryl methyl sites for hydroxylation is 6. The Morgan fingerprint density at radius 3 is 1.39 bits per heavy atom. The minimum absolute atomic E-state index is 0.155. The van der Waals surface area contributed by atoms with Gasteiger partial charge in [-0.2, -0.15) is 0 Å². The van der Waals surface area contributed by atoms with Crippen molar-refractivity contribution >= 4 is 34.1 Å². The monoisotopic (exact) mass is 939 g/mol. The van der Waals surface area contributed by atoms with Gasteiger partial charge in [-0.3, -0.25) is 4.99 Å². The molecule has 4 heteroatoms. The summed E-state index contributed by atoms with van der Waals surface area (Å²) >= 11 is 0. The molecule has 0 aromatic heterocycles. The third-order valence-electron chi connectivity index (χ3n) is 13.9. The number of hydrogen-bond acceptors (Lipinski definition) is 4. The maximum atomic E-state index is 10.0. The Kier molecular flexibility index (Phi) is 32.0. The Labute approximate surface area is 423 Å². The highest BCUT2D eigenvalue weighted by atomic mass is 16.3. The first-order valence-corrected chi connectivity index (χ1v) is 28.6. The van der Waals surface area contributed by atoms with Crippen LogP contribution in [-0.4, -0.2) is 22.1 Å². The zero-order valence-electron chi connectivity index (χ0n) is 45.3. The van der Waals surface area contributed by atoms with Gasteiger partial charge < -0.3 is 10.2 Å². The van der Waals surface area contributed by atoms with Gasteiger partial charge in [0.15, 0.2) is 0 Å². The molecule has 0 radical (unpaired) electrons. The molecule has 0 aliphatic carbocycles. The van der Waals surface area contributed by atoms with Crippen molar-refractivity contribution in [3.8, 4) is 23.3 Å². The Hall–Kier alpha value is -4.36. The van der Waals surface area contributed by atoms with E-state index in [0.29, 0.717) is 5.39 Å². The summed E-state index contributed by atoms with van der Waals surface area (Å²) in [5, 5.41) is 21.4. The minimum atomic E-state index is 0.155. The van der Waals surface area contributed by atoms with E-state index in [-0.39, 0.29) is 11.5 Å². The number of phenols is 2. The first-order valence-electron chi connectivity index (χ1n) is 28.6. The van der Waals surface area contributed by atoms with Gasteiger partial charge >= 0.3 is 0 Å². The first-order chi connectivity index (χ1) is 33.8. The van der Waals surface area contributed by atoms with E-state index in [1.165, 1.54) is 183 Å². The molecule has 0 spiro atoms. The number of phenolic OH excluding ortho intramolecular Hbond substituents is 2. The third-order valence-corrected chi connectivity index (χ3v) is 13.9. The molecule has 2 N–H and O–H groups in total. The number of benzene rings is 4. The number of unbranched alkanes of at least 4 members (excludes halogenated alkanes) is 25. The van der Waals surface area contributed by atoms with Gasteiger partial charge in [-0.25, -0.2) is 4.99 Å². The molecule has 0 saturated carbocycles. The van der Waals surface area contributed by atoms with Crippen LogP contribution in [0.5, 0.6) is 11.5 Å². The molecular formula is C65H98N2O2. The van der Waals surface area contributed by atoms with Crippen LogP contribution in [0.3, 0.4) is 0 Å². The van der Waals surface area contributed by atoms with Crippen LogP contribution in [0.25, 0.3) is 10.8 Å². The van der Waals surface area contributed by atoms with Crippen molar-refractivity contribution in [3.63, 3.8) is 0 Å². The molecule has 0 aliphatic heterocycles. The molecule has 0 bridgehead atoms. The molecule has 0 saturated heterocycles. The van der Waals surface area contributed by atoms with Crippen molar-refractivity contribution < 1.29 is 10.2 Å². The van der Waals surface area contributed by atoms with Gasteiger partial charge in [0.1, 0.15) is 17.2 Å². The molecule has 380 valence electrons. The van der Waals surface area contributed by atoms with Crippen molar-refractivity contribution in [3.05, 3.63) is 94.0 Å². The molecule has 0 fully saturated rings. The van der Waals surface area contributed by atoms with E-state index in [9.17, 15) is 10.2 Å². The van der Waals surface area contributed by atoms with Crippen LogP contribution in [-0.2, 0) is 32.1 Å². The van der Waals surface area contributed by atoms with Crippen LogP contribution >= 0.6 is 0 Å². The molecule has 4 aromatic rings. The van der Waals surface area contributed by atoms with Crippen LogP contribution in [0, 0.1) is 18.8 Å². The molecule has 69 heavy (non-hydrogen) atoms. The summed E-state index contributed by atoms with van der Waals surface area (Å²) in [6.45, 7) is 15.3. The predicted octanol–water partition coefficient (Wildman–Crippen LogP) is 20.1. The summed E-state index contributed by atoms with van der Waals surface area (Å²) in [5.41, 5.74) is 10.4. The molecule has 4 aromatic carbocycles. The fourth-order valence-electron chi connectivity index (χ4n) is 9.64. The second kappa shape index (κ2) is 37.5. The van der Waals surface area contributed by atoms with Crippen LogP contribution in [0.2, 0.25) is 0 Å². The fourth-order valence-corrected chi connectivity index (χ4v) is 9.64. The van der Waals surface area contributed by atoms with E-state index in [4.69, 9.17) is 9.98 Å². The quantitative estimate of drug-likeness (QED) is 0.0278. The molecule has 4 rings (SSSR count). The second-order valence-corrected chi connectivity index (χ2v) is 19.9. The van der Waals surface area contributed by atoms with Crippen LogP contribution in [0.1, 0.15) is 248 Å². The Morgan fingerprint density at radius 2 is 0.899 bits per heavy atom. The number of rotatable bonds is 34. The highest BCUT2D eigenvalue weighted by Gasteiger charge is 2.09. The van der Waals surface area contributed by atoms with Crippen molar-refractivity contribution in [2.24, 2.45) is 9.98 Å². The first kappa shape index (κ1) is 59.0. The van der Waals surface area contributed by atoms with Crippen LogP contribution < -0.4 is 0 Å². The lowest BCUT2D eigenvalue weighted by Crippen LogP contribution is -1.97. The van der Waals surface area contributed by atoms with Crippen molar-refractivity contribution in [1.82, 2.24) is 0 Å². The highest BCUT2D eigenvalue weighted by molar-refractivity contribution is 6.39. The van der Waals surface area contributed by atoms with E-state index in [0.717, 1.165) is 78.5 Å². The summed E-state index contributed by atoms with van der Waals surface area (Å²) in [6, 6.07) is 20.6. The molecule has 0 amide bonds. The number of aromatic hydroxyl groups is 2. The number of hydrogen-bond donors (Lipinski definition) is 2. The smallest absolute Gasteiger partial charge is 0.132 e. The predicted molar refractivity (Wildman–Crippen MR) is 305 cm³/mol. The zero-order valence-corrected chi connectivity index (χ0v) is 45.3. The van der Waals surface area contributed by atoms with E-state index in [1.807, 2.05) is 19.2 Å². The SMILES string of the molecule is CCCCCCCCCCCCCCCCCCCCCCCCCC#CC(C=Nc1ccc(CC)c(CC)c1)=Nc1ccc(CC)c(CC)c1.CCCCCc1cc(O)c2c(O)cc(C)cc2c1. The summed E-state index contributed by atoms with van der Waals surface area (Å²) < 4.78 is 0. The van der Waals surface area contributed by atoms with Crippen LogP contribution in [0.15, 0.2) is 70.6 Å². The van der Waals surface area contributed by atoms with E-state index >= 15 is 0 Å². The second-order valence-electron chi connectivity index (χ2n) is 19.9. The molecule has 0 heterocycles. The molecule has 0 aliphatic rings. The van der Waals surface area contributed by atoms with Crippen LogP contribution in [0.4, 0.5) is 11.4 Å². The lowest BCUT2D eigenvalue weighted by molar-refractivity contribution is 0.463. The maximum Gasteiger partial charge on any atom is 0.132 e. The Morgan fingerprint density at radius 1 is 0.464 bits per heavy atom. The number of fused-ring (bicyclic) bond motifs is 1. The Bertz CT molecular complexity index is 2120. The summed E-state index contributed by atoms with van der Waals surface area (Å²) in [5.74, 6) is 7.13. The standard InChI is InChI=1S/C49H78N2.C16H20O2/c1-6-11-12-13-14-15-16-17-18-19-20-21-22-23-24-25-26-27-28-29-30-31-32-33-34-35-49(51-48-39-37-44(8-3)46(10-5)41-48)42-50-47-38-36-43(7-2)45(9-4)40-47;1-3-4-5-6-12-9-13-7-11(2)8-14(17)16(13)15(18)10-12/h36-42H,6-33H2,1-5H3;7-10,17-18H,3-6H2,1-2H3. The van der Waals surface area contributed by atoms with Gasteiger partial charge in [-0.05, 0) is 133 Å². The average Bonchev–Trinajstić information content (AvgIpc) is 3.35. The normalized spacial score (nSPS) is 11.6. The molecular weight excluding hydrogens is 841 g/mol. The molecule has 0 unspecified atom stereocenters. The third kappa shape index (κ3) is 24.9. The van der Waals surface area contributed by atoms with Gasteiger partial charge in [0.25, 0.3) is 0 Å². The number of aliphatic imine (C=N–C) groups is 2. The highest BCUT2D eigenvalue weighted by Crippen LogP contribution is 2.35. The van der Waals surface area contributed by atoms with E-state index in [1.54, 1.807) is 12.1 Å². The van der Waals surface area contributed by atoms with Gasteiger partial charge in [0.05, 0.1) is 23.0 Å². The molecule has 4 nitrogen and oxygen atoms in total. The lowest BCUT2D eigenvalue weighted by atomic mass is 9.99. The largest absolute Gasteiger partial charge is 0.507 e. The van der Waals surface area contributed by atoms with Crippen molar-refractivity contribution in [1.29, 1.82) is 0 Å². The summed E-state index contributed by atoms with van der Waals surface area (Å²) in [4.78, 5) is 9.78. The summed E-state index contributed by atoms with van der Waals surface area (Å²) in [6.07, 6.45) is 44.1. The van der Waals surface area contributed by atoms with Gasteiger partial charge in [0.2, 0.25) is 0 Å². The van der Waals surface area contributed by atoms with Crippen molar-refractivity contribution in [2.45, 2.75) is 254 Å². The minimum Gasteiger partial charge on any atom is -0.507 e. The topological polar surface area (TPSA) is 65.2 Å². The van der Waals surface area contributed by atoms with Crippen molar-refractivity contribution in [2.75, 3.05) is 0 Å². The Balaban J connectivity index is 0.000000579. The lowest BCUT2D eigenvalue weighted by Gasteiger charge is -2.09. The average molecular weight is 940 g/mol. The fraction of sp³-hybridized carbons (Fsp3) is 0.600. The maximum absolute atomic E-state index is 10.0. The van der Waals surface area contributed by atoms with E-state index in [2.05, 4.69) is 95.8 Å². The summed E-state index contributed by atoms with van der Waals surface area (Å²) in [7, 11) is 0. The van der Waals surface area contributed by atoms with Gasteiger partial charge in [-0.15, -0.1) is 0 Å². The zero-order chi connectivity index (χ0) is 49.7. The molecule has 0 atom stereocenters. The van der Waals surface area contributed by atoms with Gasteiger partial charge in [0, 0.05) is 6.42 Å². The van der Waals surface area contributed by atoms with Gasteiger partial charge in [-0.1, -0.05) is 226 Å². The number of nitrogens with zero attached hydrogens (tertiary/aromatic N) is 2. The van der Waals surface area contributed by atoms with E-state index < -0.39 is 0 Å².